The van der Waals surface area contributed by atoms with Crippen LogP contribution in [0.25, 0.3) is 16.6 Å². The van der Waals surface area contributed by atoms with E-state index < -0.39 is 0 Å². The first-order valence-electron chi connectivity index (χ1n) is 7.22. The molecule has 2 heteroatoms. The predicted molar refractivity (Wildman–Crippen MR) is 88.6 cm³/mol. The number of aromatic nitrogens is 1. The van der Waals surface area contributed by atoms with E-state index in [4.69, 9.17) is 4.74 Å². The molecule has 0 unspecified atom stereocenters. The van der Waals surface area contributed by atoms with E-state index in [1.165, 1.54) is 0 Å². The van der Waals surface area contributed by atoms with Crippen LogP contribution in [0.1, 0.15) is 0 Å². The lowest BCUT2D eigenvalue weighted by Crippen LogP contribution is -1.90. The van der Waals surface area contributed by atoms with Gasteiger partial charge in [0.2, 0.25) is 0 Å². The Morgan fingerprint density at radius 2 is 1.55 bits per heavy atom. The van der Waals surface area contributed by atoms with Gasteiger partial charge in [-0.1, -0.05) is 48.5 Å². The Balaban J connectivity index is 1.86. The maximum Gasteiger partial charge on any atom is 0.153 e. The van der Waals surface area contributed by atoms with Crippen LogP contribution in [-0.4, -0.2) is 4.57 Å². The van der Waals surface area contributed by atoms with Crippen LogP contribution < -0.4 is 4.74 Å². The minimum Gasteiger partial charge on any atom is -0.454 e. The molecule has 0 bridgehead atoms. The van der Waals surface area contributed by atoms with E-state index in [1.807, 2.05) is 60.8 Å². The first kappa shape index (κ1) is 12.7. The fraction of sp³-hybridized carbons (Fsp3) is 0. The Morgan fingerprint density at radius 3 is 2.36 bits per heavy atom. The van der Waals surface area contributed by atoms with Crippen molar-refractivity contribution in [3.63, 3.8) is 0 Å². The Labute approximate surface area is 129 Å². The number of hydrogen-bond donors (Lipinski definition) is 0. The number of para-hydroxylation sites is 3. The Morgan fingerprint density at radius 1 is 0.773 bits per heavy atom. The highest BCUT2D eigenvalue weighted by Gasteiger charge is 2.11. The molecule has 22 heavy (non-hydrogen) atoms. The zero-order valence-electron chi connectivity index (χ0n) is 11.9. The summed E-state index contributed by atoms with van der Waals surface area (Å²) in [5.41, 5.74) is 2.24. The van der Waals surface area contributed by atoms with Gasteiger partial charge in [0.05, 0.1) is 11.7 Å². The smallest absolute Gasteiger partial charge is 0.153 e. The van der Waals surface area contributed by atoms with Crippen LogP contribution in [0.15, 0.2) is 85.1 Å². The van der Waals surface area contributed by atoms with Crippen LogP contribution in [0.5, 0.6) is 11.5 Å². The minimum absolute atomic E-state index is 0.721. The molecule has 105 valence electrons. The molecule has 0 aliphatic heterocycles. The number of ether oxygens (including phenoxy) is 1. The zero-order valence-corrected chi connectivity index (χ0v) is 11.9. The third kappa shape index (κ3) is 2.25. The summed E-state index contributed by atoms with van der Waals surface area (Å²) in [6.07, 6.45) is 2.03. The molecule has 0 spiro atoms. The molecule has 0 atom stereocenters. The van der Waals surface area contributed by atoms with E-state index in [1.54, 1.807) is 0 Å². The average Bonchev–Trinajstić information content (AvgIpc) is 2.96. The van der Waals surface area contributed by atoms with Gasteiger partial charge in [-0.3, -0.25) is 0 Å². The molecule has 1 aromatic heterocycles. The van der Waals surface area contributed by atoms with Crippen molar-refractivity contribution in [2.24, 2.45) is 0 Å². The van der Waals surface area contributed by atoms with Gasteiger partial charge < -0.3 is 9.30 Å². The van der Waals surface area contributed by atoms with Crippen molar-refractivity contribution < 1.29 is 4.74 Å². The third-order valence-corrected chi connectivity index (χ3v) is 3.61. The first-order valence-corrected chi connectivity index (χ1v) is 7.22. The van der Waals surface area contributed by atoms with E-state index in [-0.39, 0.29) is 0 Å². The van der Waals surface area contributed by atoms with Crippen LogP contribution >= 0.6 is 0 Å². The zero-order chi connectivity index (χ0) is 14.8. The lowest BCUT2D eigenvalue weighted by atomic mass is 10.2. The number of fused-ring (bicyclic) bond motifs is 1. The Kier molecular flexibility index (Phi) is 3.13. The lowest BCUT2D eigenvalue weighted by molar-refractivity contribution is 0.486. The summed E-state index contributed by atoms with van der Waals surface area (Å²) in [5.74, 6) is 1.56. The highest BCUT2D eigenvalue weighted by molar-refractivity contribution is 5.88. The Bertz CT molecular complexity index is 895. The number of hydrogen-bond acceptors (Lipinski definition) is 1. The van der Waals surface area contributed by atoms with Gasteiger partial charge in [-0.2, -0.15) is 0 Å². The van der Waals surface area contributed by atoms with Crippen molar-refractivity contribution in [2.75, 3.05) is 0 Å². The molecule has 0 fully saturated rings. The van der Waals surface area contributed by atoms with Gasteiger partial charge in [0.15, 0.2) is 5.75 Å². The molecule has 0 saturated carbocycles. The van der Waals surface area contributed by atoms with Crippen molar-refractivity contribution in [2.45, 2.75) is 0 Å². The Hall–Kier alpha value is -3.00. The molecule has 3 aromatic carbocycles. The van der Waals surface area contributed by atoms with Gasteiger partial charge in [0.25, 0.3) is 0 Å². The van der Waals surface area contributed by atoms with Gasteiger partial charge >= 0.3 is 0 Å². The molecule has 0 amide bonds. The minimum atomic E-state index is 0.721. The molecular formula is C20H14NO. The summed E-state index contributed by atoms with van der Waals surface area (Å²) in [5, 5.41) is 1.09. The summed E-state index contributed by atoms with van der Waals surface area (Å²) < 4.78 is 8.16. The van der Waals surface area contributed by atoms with Crippen LogP contribution in [0.4, 0.5) is 0 Å². The summed E-state index contributed by atoms with van der Waals surface area (Å²) >= 11 is 0. The normalized spacial score (nSPS) is 10.7. The fourth-order valence-corrected chi connectivity index (χ4v) is 2.59. The third-order valence-electron chi connectivity index (χ3n) is 3.61. The maximum absolute atomic E-state index is 6.02. The van der Waals surface area contributed by atoms with Crippen LogP contribution in [0.3, 0.4) is 0 Å². The van der Waals surface area contributed by atoms with Crippen molar-refractivity contribution in [3.8, 4) is 17.2 Å². The van der Waals surface area contributed by atoms with Gasteiger partial charge in [0.1, 0.15) is 5.75 Å². The predicted octanol–water partition coefficient (Wildman–Crippen LogP) is 5.22. The second-order valence-electron chi connectivity index (χ2n) is 5.04. The van der Waals surface area contributed by atoms with E-state index in [0.29, 0.717) is 0 Å². The monoisotopic (exact) mass is 284 g/mol. The summed E-state index contributed by atoms with van der Waals surface area (Å²) in [7, 11) is 0. The molecule has 0 N–H and O–H groups in total. The van der Waals surface area contributed by atoms with Gasteiger partial charge in [0, 0.05) is 17.1 Å². The molecule has 1 radical (unpaired) electrons. The molecule has 0 aliphatic carbocycles. The molecule has 4 rings (SSSR count). The molecule has 0 aliphatic rings. The maximum atomic E-state index is 6.02. The second-order valence-corrected chi connectivity index (χ2v) is 5.04. The van der Waals surface area contributed by atoms with E-state index >= 15 is 0 Å². The van der Waals surface area contributed by atoms with E-state index in [0.717, 1.165) is 28.1 Å². The van der Waals surface area contributed by atoms with Gasteiger partial charge in [-0.25, -0.2) is 0 Å². The molecule has 0 saturated heterocycles. The van der Waals surface area contributed by atoms with Crippen molar-refractivity contribution in [1.82, 2.24) is 4.57 Å². The van der Waals surface area contributed by atoms with Crippen molar-refractivity contribution in [3.05, 3.63) is 91.1 Å². The average molecular weight is 284 g/mol. The number of rotatable bonds is 3. The highest BCUT2D eigenvalue weighted by atomic mass is 16.5. The molecular weight excluding hydrogens is 270 g/mol. The largest absolute Gasteiger partial charge is 0.454 e. The number of nitrogens with zero attached hydrogens (tertiary/aromatic N) is 1. The topological polar surface area (TPSA) is 14.2 Å². The second kappa shape index (κ2) is 5.41. The highest BCUT2D eigenvalue weighted by Crippen LogP contribution is 2.33. The summed E-state index contributed by atoms with van der Waals surface area (Å²) in [6.45, 7) is 0. The lowest BCUT2D eigenvalue weighted by Gasteiger charge is -2.03. The van der Waals surface area contributed by atoms with Crippen molar-refractivity contribution >= 4 is 10.9 Å². The van der Waals surface area contributed by atoms with Gasteiger partial charge in [-0.15, -0.1) is 0 Å². The van der Waals surface area contributed by atoms with E-state index in [9.17, 15) is 0 Å². The number of benzene rings is 3. The van der Waals surface area contributed by atoms with Crippen molar-refractivity contribution in [1.29, 1.82) is 0 Å². The molecule has 4 aromatic rings. The molecule has 1 heterocycles. The molecule has 2 nitrogen and oxygen atoms in total. The van der Waals surface area contributed by atoms with Crippen LogP contribution in [0, 0.1) is 6.07 Å². The van der Waals surface area contributed by atoms with Crippen LogP contribution in [-0.2, 0) is 0 Å². The van der Waals surface area contributed by atoms with E-state index in [2.05, 4.69) is 34.9 Å². The SMILES string of the molecule is [c]1ccccc1Oc1cn(-c2ccccc2)c2ccccc12. The van der Waals surface area contributed by atoms with Crippen LogP contribution in [0.2, 0.25) is 0 Å². The fourth-order valence-electron chi connectivity index (χ4n) is 2.59. The van der Waals surface area contributed by atoms with Gasteiger partial charge in [-0.05, 0) is 30.3 Å². The first-order chi connectivity index (χ1) is 10.9. The summed E-state index contributed by atoms with van der Waals surface area (Å²) in [4.78, 5) is 0. The standard InChI is InChI=1S/C20H14NO/c1-3-9-16(10-4-1)21-15-20(18-13-7-8-14-19(18)21)22-17-11-5-2-6-12-17/h1-11,13-15H. The quantitative estimate of drug-likeness (QED) is 0.503. The summed E-state index contributed by atoms with van der Waals surface area (Å²) in [6, 6.07) is 29.3.